The molecule has 1 fully saturated rings. The number of nitrogens with one attached hydrogen (secondary N) is 1. The first-order valence-electron chi connectivity index (χ1n) is 6.43. The van der Waals surface area contributed by atoms with Crippen LogP contribution in [0.2, 0.25) is 0 Å². The minimum Gasteiger partial charge on any atom is -0.310 e. The van der Waals surface area contributed by atoms with Gasteiger partial charge in [-0.05, 0) is 53.0 Å². The van der Waals surface area contributed by atoms with Gasteiger partial charge in [0.05, 0.1) is 0 Å². The molecule has 0 radical (unpaired) electrons. The van der Waals surface area contributed by atoms with Crippen LogP contribution in [0.15, 0.2) is 0 Å². The molecule has 1 rings (SSSR count). The van der Waals surface area contributed by atoms with Gasteiger partial charge in [0.25, 0.3) is 0 Å². The molecule has 1 heterocycles. The third-order valence-corrected chi connectivity index (χ3v) is 4.95. The fourth-order valence-corrected chi connectivity index (χ4v) is 2.61. The smallest absolute Gasteiger partial charge is 0.0277 e. The minimum absolute atomic E-state index is 0.311. The zero-order chi connectivity index (χ0) is 12.2. The van der Waals surface area contributed by atoms with E-state index in [9.17, 15) is 0 Å². The molecule has 1 N–H and O–H groups in total. The first-order valence-corrected chi connectivity index (χ1v) is 7.66. The quantitative estimate of drug-likeness (QED) is 0.818. The molecule has 0 aromatic carbocycles. The van der Waals surface area contributed by atoms with Gasteiger partial charge >= 0.3 is 0 Å². The predicted octanol–water partition coefficient (Wildman–Crippen LogP) is 2.59. The van der Waals surface area contributed by atoms with Crippen LogP contribution in [0.25, 0.3) is 0 Å². The average molecular weight is 244 g/mol. The Kier molecular flexibility index (Phi) is 5.14. The highest BCUT2D eigenvalue weighted by Crippen LogP contribution is 2.24. The van der Waals surface area contributed by atoms with Crippen molar-refractivity contribution in [2.75, 3.05) is 32.4 Å². The zero-order valence-electron chi connectivity index (χ0n) is 11.6. The number of nitrogens with zero attached hydrogens (tertiary/aromatic N) is 1. The molecule has 96 valence electrons. The average Bonchev–Trinajstić information content (AvgIpc) is 2.41. The van der Waals surface area contributed by atoms with Gasteiger partial charge in [-0.15, -0.1) is 0 Å². The van der Waals surface area contributed by atoms with Crippen LogP contribution in [0.1, 0.15) is 40.5 Å². The summed E-state index contributed by atoms with van der Waals surface area (Å²) in [6.07, 6.45) is 4.71. The Balaban J connectivity index is 2.59. The predicted molar refractivity (Wildman–Crippen MR) is 75.3 cm³/mol. The molecule has 0 saturated carbocycles. The van der Waals surface area contributed by atoms with E-state index in [1.165, 1.54) is 39.0 Å². The van der Waals surface area contributed by atoms with Crippen molar-refractivity contribution in [1.29, 1.82) is 0 Å². The van der Waals surface area contributed by atoms with Gasteiger partial charge < -0.3 is 10.2 Å². The molecular weight excluding hydrogens is 216 g/mol. The minimum atomic E-state index is 0.311. The summed E-state index contributed by atoms with van der Waals surface area (Å²) in [4.78, 5) is 2.64. The third-order valence-electron chi connectivity index (χ3n) is 3.71. The first-order chi connectivity index (χ1) is 7.41. The molecule has 0 spiro atoms. The second-order valence-corrected chi connectivity index (χ2v) is 7.38. The highest BCUT2D eigenvalue weighted by Gasteiger charge is 2.29. The maximum Gasteiger partial charge on any atom is 0.0277 e. The van der Waals surface area contributed by atoms with E-state index in [1.807, 2.05) is 11.8 Å². The molecule has 16 heavy (non-hydrogen) atoms. The molecule has 0 aromatic rings. The van der Waals surface area contributed by atoms with Gasteiger partial charge in [-0.1, -0.05) is 6.92 Å². The number of hydrogen-bond donors (Lipinski definition) is 1. The maximum absolute atomic E-state index is 3.69. The van der Waals surface area contributed by atoms with Gasteiger partial charge in [-0.25, -0.2) is 0 Å². The molecule has 3 heteroatoms. The molecule has 0 aliphatic carbocycles. The van der Waals surface area contributed by atoms with Crippen molar-refractivity contribution >= 4 is 11.8 Å². The SMILES string of the molecule is CCC1(C)CN(CC(C)(C)SC)CCCN1. The summed E-state index contributed by atoms with van der Waals surface area (Å²) < 4.78 is 0.374. The number of thioether (sulfide) groups is 1. The van der Waals surface area contributed by atoms with E-state index >= 15 is 0 Å². The van der Waals surface area contributed by atoms with E-state index < -0.39 is 0 Å². The Hall–Kier alpha value is 0.270. The number of hydrogen-bond acceptors (Lipinski definition) is 3. The van der Waals surface area contributed by atoms with Crippen molar-refractivity contribution in [3.05, 3.63) is 0 Å². The lowest BCUT2D eigenvalue weighted by Crippen LogP contribution is -2.50. The topological polar surface area (TPSA) is 15.3 Å². The van der Waals surface area contributed by atoms with Gasteiger partial charge in [0.15, 0.2) is 0 Å². The molecule has 1 saturated heterocycles. The molecule has 0 bridgehead atoms. The lowest BCUT2D eigenvalue weighted by Gasteiger charge is -2.36. The molecular formula is C13H28N2S. The van der Waals surface area contributed by atoms with Gasteiger partial charge in [0.2, 0.25) is 0 Å². The normalized spacial score (nSPS) is 29.1. The molecule has 0 aromatic heterocycles. The second kappa shape index (κ2) is 5.74. The van der Waals surface area contributed by atoms with Crippen LogP contribution in [0, 0.1) is 0 Å². The summed E-state index contributed by atoms with van der Waals surface area (Å²) in [5.41, 5.74) is 0.311. The van der Waals surface area contributed by atoms with Crippen LogP contribution in [0.5, 0.6) is 0 Å². The zero-order valence-corrected chi connectivity index (χ0v) is 12.4. The highest BCUT2D eigenvalue weighted by molar-refractivity contribution is 7.99. The Bertz CT molecular complexity index is 218. The fraction of sp³-hybridized carbons (Fsp3) is 1.00. The van der Waals surface area contributed by atoms with E-state index in [0.717, 1.165) is 0 Å². The summed E-state index contributed by atoms with van der Waals surface area (Å²) in [5, 5.41) is 3.69. The van der Waals surface area contributed by atoms with E-state index in [2.05, 4.69) is 44.2 Å². The monoisotopic (exact) mass is 244 g/mol. The lowest BCUT2D eigenvalue weighted by atomic mass is 9.98. The molecule has 1 unspecified atom stereocenters. The maximum atomic E-state index is 3.69. The van der Waals surface area contributed by atoms with Crippen molar-refractivity contribution in [3.63, 3.8) is 0 Å². The Labute approximate surface area is 106 Å². The van der Waals surface area contributed by atoms with Crippen molar-refractivity contribution in [2.45, 2.75) is 50.8 Å². The Morgan fingerprint density at radius 3 is 2.69 bits per heavy atom. The molecule has 1 atom stereocenters. The fourth-order valence-electron chi connectivity index (χ4n) is 2.30. The van der Waals surface area contributed by atoms with E-state index in [0.29, 0.717) is 10.3 Å². The van der Waals surface area contributed by atoms with Crippen LogP contribution >= 0.6 is 11.8 Å². The summed E-state index contributed by atoms with van der Waals surface area (Å²) in [5.74, 6) is 0. The molecule has 2 nitrogen and oxygen atoms in total. The van der Waals surface area contributed by atoms with Crippen molar-refractivity contribution in [1.82, 2.24) is 10.2 Å². The van der Waals surface area contributed by atoms with Gasteiger partial charge in [-0.3, -0.25) is 0 Å². The van der Waals surface area contributed by atoms with Gasteiger partial charge in [0, 0.05) is 23.4 Å². The summed E-state index contributed by atoms with van der Waals surface area (Å²) in [6.45, 7) is 14.1. The van der Waals surface area contributed by atoms with Crippen molar-refractivity contribution in [2.24, 2.45) is 0 Å². The van der Waals surface area contributed by atoms with Crippen LogP contribution in [0.4, 0.5) is 0 Å². The van der Waals surface area contributed by atoms with Crippen LogP contribution in [-0.2, 0) is 0 Å². The van der Waals surface area contributed by atoms with E-state index in [-0.39, 0.29) is 0 Å². The van der Waals surface area contributed by atoms with Crippen LogP contribution < -0.4 is 5.32 Å². The summed E-state index contributed by atoms with van der Waals surface area (Å²) in [6, 6.07) is 0. The van der Waals surface area contributed by atoms with Crippen LogP contribution in [-0.4, -0.2) is 47.6 Å². The molecule has 1 aliphatic rings. The summed E-state index contributed by atoms with van der Waals surface area (Å²) in [7, 11) is 0. The van der Waals surface area contributed by atoms with E-state index in [1.54, 1.807) is 0 Å². The lowest BCUT2D eigenvalue weighted by molar-refractivity contribution is 0.204. The van der Waals surface area contributed by atoms with Crippen molar-refractivity contribution in [3.8, 4) is 0 Å². The van der Waals surface area contributed by atoms with E-state index in [4.69, 9.17) is 0 Å². The second-order valence-electron chi connectivity index (χ2n) is 5.87. The summed E-state index contributed by atoms with van der Waals surface area (Å²) >= 11 is 1.97. The molecule has 0 amide bonds. The first kappa shape index (κ1) is 14.3. The third kappa shape index (κ3) is 4.27. The largest absolute Gasteiger partial charge is 0.310 e. The standard InChI is InChI=1S/C13H28N2S/c1-6-13(4)11-15(9-7-8-14-13)10-12(2,3)16-5/h14H,6-11H2,1-5H3. The highest BCUT2D eigenvalue weighted by atomic mass is 32.2. The Morgan fingerprint density at radius 1 is 1.44 bits per heavy atom. The van der Waals surface area contributed by atoms with Crippen LogP contribution in [0.3, 0.4) is 0 Å². The van der Waals surface area contributed by atoms with Gasteiger partial charge in [-0.2, -0.15) is 11.8 Å². The number of rotatable bonds is 4. The molecule has 1 aliphatic heterocycles. The van der Waals surface area contributed by atoms with Crippen molar-refractivity contribution < 1.29 is 0 Å². The van der Waals surface area contributed by atoms with Gasteiger partial charge in [0.1, 0.15) is 0 Å². The Morgan fingerprint density at radius 2 is 2.12 bits per heavy atom.